The molecular formula is C28H29F5N6O2. The van der Waals surface area contributed by atoms with Crippen LogP contribution in [-0.2, 0) is 0 Å². The van der Waals surface area contributed by atoms with Gasteiger partial charge in [0.2, 0.25) is 5.88 Å². The monoisotopic (exact) mass is 576 g/mol. The third-order valence-electron chi connectivity index (χ3n) is 8.93. The Bertz CT molecular complexity index is 1580. The number of ether oxygens (including phenoxy) is 2. The van der Waals surface area contributed by atoms with Crippen LogP contribution < -0.4 is 31.2 Å². The molecule has 0 spiro atoms. The molecule has 5 heterocycles. The quantitative estimate of drug-likeness (QED) is 0.305. The largest absolute Gasteiger partial charge is 0.573 e. The van der Waals surface area contributed by atoms with Crippen molar-refractivity contribution < 1.29 is 31.4 Å². The third kappa shape index (κ3) is 4.15. The van der Waals surface area contributed by atoms with Crippen molar-refractivity contribution in [3.05, 3.63) is 35.0 Å². The van der Waals surface area contributed by atoms with Crippen LogP contribution >= 0.6 is 0 Å². The van der Waals surface area contributed by atoms with E-state index in [1.165, 1.54) is 0 Å². The number of nitrogens with two attached hydrogens (primary N) is 2. The van der Waals surface area contributed by atoms with Crippen LogP contribution in [0.25, 0.3) is 22.0 Å². The van der Waals surface area contributed by atoms with E-state index in [-0.39, 0.29) is 47.0 Å². The van der Waals surface area contributed by atoms with E-state index in [0.717, 1.165) is 18.9 Å². The number of anilines is 2. The first-order valence-electron chi connectivity index (χ1n) is 13.7. The lowest BCUT2D eigenvalue weighted by molar-refractivity contribution is -0.275. The summed E-state index contributed by atoms with van der Waals surface area (Å²) < 4.78 is 82.0. The number of piperazine rings is 1. The van der Waals surface area contributed by atoms with Gasteiger partial charge in [0.1, 0.15) is 17.6 Å². The van der Waals surface area contributed by atoms with Crippen LogP contribution in [-0.4, -0.2) is 53.1 Å². The summed E-state index contributed by atoms with van der Waals surface area (Å²) in [6, 6.07) is 1.91. The molecule has 3 aliphatic heterocycles. The second-order valence-corrected chi connectivity index (χ2v) is 11.6. The Morgan fingerprint density at radius 2 is 1.88 bits per heavy atom. The molecule has 13 heteroatoms. The number of fused-ring (bicyclic) bond motifs is 5. The van der Waals surface area contributed by atoms with Gasteiger partial charge in [-0.3, -0.25) is 0 Å². The van der Waals surface area contributed by atoms with E-state index in [9.17, 15) is 17.6 Å². The van der Waals surface area contributed by atoms with Crippen LogP contribution in [0.15, 0.2) is 12.1 Å². The van der Waals surface area contributed by atoms with Crippen LogP contribution in [0.1, 0.15) is 49.8 Å². The van der Waals surface area contributed by atoms with E-state index in [2.05, 4.69) is 19.9 Å². The third-order valence-corrected chi connectivity index (χ3v) is 8.93. The molecular weight excluding hydrogens is 547 g/mol. The van der Waals surface area contributed by atoms with Crippen molar-refractivity contribution in [3.63, 3.8) is 0 Å². The maximum atomic E-state index is 16.8. The van der Waals surface area contributed by atoms with Gasteiger partial charge in [-0.05, 0) is 51.2 Å². The number of rotatable bonds is 3. The molecule has 0 radical (unpaired) electrons. The van der Waals surface area contributed by atoms with E-state index < -0.39 is 41.1 Å². The van der Waals surface area contributed by atoms with Crippen LogP contribution in [0.4, 0.5) is 33.5 Å². The normalized spacial score (nSPS) is 28.6. The Kier molecular flexibility index (Phi) is 5.82. The van der Waals surface area contributed by atoms with Gasteiger partial charge in [0.25, 0.3) is 0 Å². The van der Waals surface area contributed by atoms with E-state index in [1.54, 1.807) is 6.92 Å². The minimum Gasteiger partial charge on any atom is -0.472 e. The topological polar surface area (TPSA) is 112 Å². The Morgan fingerprint density at radius 1 is 1.12 bits per heavy atom. The lowest BCUT2D eigenvalue weighted by Crippen LogP contribution is -2.62. The van der Waals surface area contributed by atoms with E-state index in [0.29, 0.717) is 47.9 Å². The standard InChI is InChI=1S/C28H29F5N6O2/c1-10-19-20-26(37-22(10)12-5-13(34)6-12)39-9-15-3-4-18(36-15)24(39)11(2)40-27(20)38-23(21(19)30)16-7-14(35)8-17(29)25(16)41-28(31,32)33/h7-8,11-13,15,18,24,36H,3-6,9,34-35H2,1-2H3/t11-,12?,13?,15+,18-,24+/m0/s1. The molecule has 1 saturated carbocycles. The van der Waals surface area contributed by atoms with Crippen molar-refractivity contribution in [3.8, 4) is 22.9 Å². The maximum absolute atomic E-state index is 16.8. The molecule has 8 nitrogen and oxygen atoms in total. The van der Waals surface area contributed by atoms with Gasteiger partial charge in [0.15, 0.2) is 17.4 Å². The van der Waals surface area contributed by atoms with Crippen molar-refractivity contribution in [2.45, 2.75) is 82.1 Å². The number of benzene rings is 1. The first kappa shape index (κ1) is 26.4. The molecule has 1 aromatic carbocycles. The lowest BCUT2D eigenvalue weighted by atomic mass is 9.77. The summed E-state index contributed by atoms with van der Waals surface area (Å²) in [6.45, 7) is 4.25. The van der Waals surface area contributed by atoms with Gasteiger partial charge in [-0.15, -0.1) is 13.2 Å². The van der Waals surface area contributed by atoms with Crippen LogP contribution in [0.5, 0.6) is 11.6 Å². The SMILES string of the molecule is Cc1c(C2CC(N)C2)nc2c3c(nc(-c4cc(N)cc(F)c4OC(F)(F)F)c(F)c13)O[C@@H](C)[C@@H]1[C@@H]3CC[C@H](CN21)N3. The van der Waals surface area contributed by atoms with Gasteiger partial charge >= 0.3 is 6.36 Å². The Hall–Kier alpha value is -3.45. The smallest absolute Gasteiger partial charge is 0.472 e. The number of nitrogen functional groups attached to an aromatic ring is 1. The molecule has 3 aromatic rings. The Labute approximate surface area is 232 Å². The van der Waals surface area contributed by atoms with E-state index in [1.807, 2.05) is 6.92 Å². The highest BCUT2D eigenvalue weighted by molar-refractivity contribution is 6.02. The average Bonchev–Trinajstić information content (AvgIpc) is 3.19. The molecule has 1 aliphatic carbocycles. The first-order chi connectivity index (χ1) is 19.4. The first-order valence-corrected chi connectivity index (χ1v) is 13.7. The second-order valence-electron chi connectivity index (χ2n) is 11.6. The summed E-state index contributed by atoms with van der Waals surface area (Å²) in [5.74, 6) is -3.00. The van der Waals surface area contributed by atoms with E-state index >= 15 is 4.39 Å². The summed E-state index contributed by atoms with van der Waals surface area (Å²) in [6.07, 6.45) is -2.39. The molecule has 2 bridgehead atoms. The highest BCUT2D eigenvalue weighted by Crippen LogP contribution is 2.49. The zero-order valence-electron chi connectivity index (χ0n) is 22.4. The molecule has 0 amide bonds. The van der Waals surface area contributed by atoms with Crippen molar-refractivity contribution >= 4 is 22.3 Å². The number of aryl methyl sites for hydroxylation is 1. The van der Waals surface area contributed by atoms with Crippen molar-refractivity contribution in [1.29, 1.82) is 0 Å². The predicted octanol–water partition coefficient (Wildman–Crippen LogP) is 4.66. The zero-order valence-corrected chi connectivity index (χ0v) is 22.4. The van der Waals surface area contributed by atoms with Crippen LogP contribution in [0.2, 0.25) is 0 Å². The number of hydrogen-bond acceptors (Lipinski definition) is 8. The number of alkyl halides is 3. The van der Waals surface area contributed by atoms with Crippen molar-refractivity contribution in [2.75, 3.05) is 17.2 Å². The van der Waals surface area contributed by atoms with Gasteiger partial charge < -0.3 is 31.2 Å². The fourth-order valence-corrected chi connectivity index (χ4v) is 7.14. The molecule has 7 rings (SSSR count). The molecule has 2 saturated heterocycles. The molecule has 5 N–H and O–H groups in total. The highest BCUT2D eigenvalue weighted by Gasteiger charge is 2.47. The van der Waals surface area contributed by atoms with Crippen molar-refractivity contribution in [1.82, 2.24) is 15.3 Å². The van der Waals surface area contributed by atoms with Crippen LogP contribution in [0.3, 0.4) is 0 Å². The summed E-state index contributed by atoms with van der Waals surface area (Å²) in [4.78, 5) is 11.7. The predicted molar refractivity (Wildman–Crippen MR) is 142 cm³/mol. The molecule has 2 aromatic heterocycles. The minimum atomic E-state index is -5.24. The Balaban J connectivity index is 1.52. The number of hydrogen-bond donors (Lipinski definition) is 3. The molecule has 218 valence electrons. The second kappa shape index (κ2) is 9.02. The minimum absolute atomic E-state index is 0.00117. The maximum Gasteiger partial charge on any atom is 0.573 e. The number of nitrogens with zero attached hydrogens (tertiary/aromatic N) is 3. The average molecular weight is 577 g/mol. The Morgan fingerprint density at radius 3 is 2.59 bits per heavy atom. The van der Waals surface area contributed by atoms with Gasteiger partial charge in [0, 0.05) is 53.4 Å². The summed E-state index contributed by atoms with van der Waals surface area (Å²) >= 11 is 0. The number of pyridine rings is 2. The van der Waals surface area contributed by atoms with E-state index in [4.69, 9.17) is 21.2 Å². The molecule has 4 atom stereocenters. The molecule has 3 fully saturated rings. The van der Waals surface area contributed by atoms with Gasteiger partial charge in [-0.2, -0.15) is 0 Å². The molecule has 41 heavy (non-hydrogen) atoms. The van der Waals surface area contributed by atoms with Gasteiger partial charge in [0.05, 0.1) is 17.0 Å². The number of aromatic nitrogens is 2. The van der Waals surface area contributed by atoms with Gasteiger partial charge in [-0.1, -0.05) is 0 Å². The fraction of sp³-hybridized carbons (Fsp3) is 0.500. The fourth-order valence-electron chi connectivity index (χ4n) is 7.14. The highest BCUT2D eigenvalue weighted by atomic mass is 19.4. The number of halogens is 5. The zero-order chi connectivity index (χ0) is 29.0. The summed E-state index contributed by atoms with van der Waals surface area (Å²) in [7, 11) is 0. The number of nitrogens with one attached hydrogen (secondary N) is 1. The lowest BCUT2D eigenvalue weighted by Gasteiger charge is -2.43. The summed E-state index contributed by atoms with van der Waals surface area (Å²) in [5.41, 5.74) is 11.7. The van der Waals surface area contributed by atoms with Crippen molar-refractivity contribution in [2.24, 2.45) is 5.73 Å². The molecule has 0 unspecified atom stereocenters. The van der Waals surface area contributed by atoms with Gasteiger partial charge in [-0.25, -0.2) is 18.7 Å². The summed E-state index contributed by atoms with van der Waals surface area (Å²) in [5, 5.41) is 4.09. The molecule has 4 aliphatic rings. The van der Waals surface area contributed by atoms with Crippen LogP contribution in [0, 0.1) is 18.6 Å².